The summed E-state index contributed by atoms with van der Waals surface area (Å²) < 4.78 is 5.79. The minimum absolute atomic E-state index is 0.151. The van der Waals surface area contributed by atoms with Crippen LogP contribution in [-0.4, -0.2) is 42.2 Å². The number of anilines is 3. The zero-order chi connectivity index (χ0) is 23.0. The van der Waals surface area contributed by atoms with E-state index in [1.165, 1.54) is 0 Å². The van der Waals surface area contributed by atoms with Crippen molar-refractivity contribution >= 4 is 23.5 Å². The summed E-state index contributed by atoms with van der Waals surface area (Å²) in [5.41, 5.74) is 0.723. The van der Waals surface area contributed by atoms with Gasteiger partial charge in [0.2, 0.25) is 5.95 Å². The first-order valence-electron chi connectivity index (χ1n) is 11.2. The van der Waals surface area contributed by atoms with Gasteiger partial charge in [-0.2, -0.15) is 4.98 Å². The summed E-state index contributed by atoms with van der Waals surface area (Å²) in [5.74, 6) is 3.02. The van der Waals surface area contributed by atoms with E-state index < -0.39 is 0 Å². The number of hydrogen-bond acceptors (Lipinski definition) is 6. The number of urea groups is 1. The van der Waals surface area contributed by atoms with Crippen molar-refractivity contribution in [2.75, 3.05) is 29.6 Å². The summed E-state index contributed by atoms with van der Waals surface area (Å²) in [5, 5.41) is 9.41. The van der Waals surface area contributed by atoms with E-state index in [4.69, 9.17) is 4.74 Å². The van der Waals surface area contributed by atoms with Crippen molar-refractivity contribution in [3.8, 4) is 11.5 Å². The Morgan fingerprint density at radius 1 is 0.909 bits per heavy atom. The fraction of sp³-hybridized carbons (Fsp3) is 0.320. The summed E-state index contributed by atoms with van der Waals surface area (Å²) in [6.45, 7) is 0. The molecule has 0 unspecified atom stereocenters. The van der Waals surface area contributed by atoms with Gasteiger partial charge in [0.1, 0.15) is 17.3 Å². The number of ether oxygens (including phenoxy) is 1. The van der Waals surface area contributed by atoms with E-state index in [0.29, 0.717) is 12.0 Å². The van der Waals surface area contributed by atoms with Crippen LogP contribution in [0.5, 0.6) is 11.5 Å². The Hall–Kier alpha value is -3.81. The van der Waals surface area contributed by atoms with Gasteiger partial charge in [-0.05, 0) is 68.1 Å². The first-order valence-corrected chi connectivity index (χ1v) is 11.2. The quantitative estimate of drug-likeness (QED) is 0.479. The molecule has 4 rings (SSSR count). The molecular weight excluding hydrogens is 416 g/mol. The fourth-order valence-electron chi connectivity index (χ4n) is 3.82. The smallest absolute Gasteiger partial charge is 0.319 e. The normalized spacial score (nSPS) is 17.6. The number of hydrogen-bond donors (Lipinski definition) is 3. The zero-order valence-electron chi connectivity index (χ0n) is 19.0. The van der Waals surface area contributed by atoms with Crippen LogP contribution in [0.15, 0.2) is 66.9 Å². The molecule has 8 nitrogen and oxygen atoms in total. The fourth-order valence-corrected chi connectivity index (χ4v) is 3.82. The molecule has 0 bridgehead atoms. The van der Waals surface area contributed by atoms with Crippen LogP contribution < -0.4 is 25.6 Å². The molecule has 0 radical (unpaired) electrons. The maximum atomic E-state index is 12.4. The number of rotatable bonds is 7. The van der Waals surface area contributed by atoms with Gasteiger partial charge < -0.3 is 25.6 Å². The lowest BCUT2D eigenvalue weighted by atomic mass is 9.91. The monoisotopic (exact) mass is 446 g/mol. The SMILES string of the molecule is CN(C)c1ccnc(N[C@H]2CC[C@@H](NC(=O)Nc3ccc(Oc4ccccc4)cc3)CC2)n1. The van der Waals surface area contributed by atoms with Gasteiger partial charge in [0.15, 0.2) is 0 Å². The van der Waals surface area contributed by atoms with E-state index in [1.807, 2.05) is 79.7 Å². The molecule has 1 saturated carbocycles. The molecule has 1 aliphatic rings. The molecule has 172 valence electrons. The number of benzene rings is 2. The van der Waals surface area contributed by atoms with E-state index in [-0.39, 0.29) is 12.1 Å². The van der Waals surface area contributed by atoms with Crippen LogP contribution >= 0.6 is 0 Å². The van der Waals surface area contributed by atoms with Gasteiger partial charge >= 0.3 is 6.03 Å². The maximum absolute atomic E-state index is 12.4. The molecular formula is C25H30N6O2. The lowest BCUT2D eigenvalue weighted by Gasteiger charge is -2.29. The van der Waals surface area contributed by atoms with E-state index in [9.17, 15) is 4.79 Å². The van der Waals surface area contributed by atoms with E-state index in [2.05, 4.69) is 25.9 Å². The van der Waals surface area contributed by atoms with Crippen LogP contribution in [0.3, 0.4) is 0 Å². The molecule has 1 fully saturated rings. The highest BCUT2D eigenvalue weighted by Crippen LogP contribution is 2.24. The Balaban J connectivity index is 1.20. The Morgan fingerprint density at radius 3 is 2.27 bits per heavy atom. The van der Waals surface area contributed by atoms with Gasteiger partial charge in [-0.15, -0.1) is 0 Å². The number of para-hydroxylation sites is 1. The van der Waals surface area contributed by atoms with E-state index >= 15 is 0 Å². The Kier molecular flexibility index (Phi) is 7.24. The second-order valence-electron chi connectivity index (χ2n) is 8.36. The largest absolute Gasteiger partial charge is 0.457 e. The van der Waals surface area contributed by atoms with Gasteiger partial charge in [0.25, 0.3) is 0 Å². The highest BCUT2D eigenvalue weighted by Gasteiger charge is 2.23. The predicted octanol–water partition coefficient (Wildman–Crippen LogP) is 4.88. The van der Waals surface area contributed by atoms with E-state index in [0.717, 1.165) is 48.7 Å². The second-order valence-corrected chi connectivity index (χ2v) is 8.36. The Morgan fingerprint density at radius 2 is 1.58 bits per heavy atom. The van der Waals surface area contributed by atoms with Crippen molar-refractivity contribution in [3.63, 3.8) is 0 Å². The van der Waals surface area contributed by atoms with Gasteiger partial charge in [-0.1, -0.05) is 18.2 Å². The molecule has 3 N–H and O–H groups in total. The van der Waals surface area contributed by atoms with Crippen LogP contribution in [0.1, 0.15) is 25.7 Å². The first-order chi connectivity index (χ1) is 16.0. The van der Waals surface area contributed by atoms with Crippen LogP contribution in [-0.2, 0) is 0 Å². The van der Waals surface area contributed by atoms with Gasteiger partial charge in [-0.25, -0.2) is 9.78 Å². The highest BCUT2D eigenvalue weighted by molar-refractivity contribution is 5.89. The van der Waals surface area contributed by atoms with Crippen LogP contribution in [0.2, 0.25) is 0 Å². The standard InChI is InChI=1S/C25H30N6O2/c1-31(2)23-16-17-26-24(30-23)27-18-8-10-19(11-9-18)28-25(32)29-20-12-14-22(15-13-20)33-21-6-4-3-5-7-21/h3-7,12-19H,8-11H2,1-2H3,(H,26,27,30)(H2,28,29,32)/t18-,19+. The van der Waals surface area contributed by atoms with Gasteiger partial charge in [-0.3, -0.25) is 0 Å². The third-order valence-corrected chi connectivity index (χ3v) is 5.59. The average Bonchev–Trinajstić information content (AvgIpc) is 2.82. The molecule has 0 saturated heterocycles. The molecule has 1 heterocycles. The Bertz CT molecular complexity index is 1030. The molecule has 0 spiro atoms. The Labute approximate surface area is 194 Å². The number of aromatic nitrogens is 2. The number of carbonyl (C=O) groups excluding carboxylic acids is 1. The van der Waals surface area contributed by atoms with Crippen LogP contribution in [0, 0.1) is 0 Å². The van der Waals surface area contributed by atoms with Crippen molar-refractivity contribution in [3.05, 3.63) is 66.9 Å². The topological polar surface area (TPSA) is 91.4 Å². The number of nitrogens with one attached hydrogen (secondary N) is 3. The predicted molar refractivity (Wildman–Crippen MR) is 131 cm³/mol. The molecule has 3 aromatic rings. The summed E-state index contributed by atoms with van der Waals surface area (Å²) in [7, 11) is 3.92. The van der Waals surface area contributed by atoms with Crippen molar-refractivity contribution in [1.29, 1.82) is 0 Å². The molecule has 33 heavy (non-hydrogen) atoms. The van der Waals surface area contributed by atoms with E-state index in [1.54, 1.807) is 6.20 Å². The van der Waals surface area contributed by atoms with Crippen molar-refractivity contribution in [2.45, 2.75) is 37.8 Å². The number of carbonyl (C=O) groups is 1. The molecule has 0 atom stereocenters. The van der Waals surface area contributed by atoms with Gasteiger partial charge in [0.05, 0.1) is 0 Å². The molecule has 2 aromatic carbocycles. The third kappa shape index (κ3) is 6.58. The highest BCUT2D eigenvalue weighted by atomic mass is 16.5. The molecule has 1 aromatic heterocycles. The summed E-state index contributed by atoms with van der Waals surface area (Å²) >= 11 is 0. The summed E-state index contributed by atoms with van der Waals surface area (Å²) in [6.07, 6.45) is 5.48. The molecule has 2 amide bonds. The third-order valence-electron chi connectivity index (χ3n) is 5.59. The molecule has 1 aliphatic carbocycles. The van der Waals surface area contributed by atoms with Crippen molar-refractivity contribution in [2.24, 2.45) is 0 Å². The van der Waals surface area contributed by atoms with Gasteiger partial charge in [0, 0.05) is 38.1 Å². The maximum Gasteiger partial charge on any atom is 0.319 e. The molecule has 8 heteroatoms. The average molecular weight is 447 g/mol. The number of amides is 2. The second kappa shape index (κ2) is 10.7. The first kappa shape index (κ1) is 22.4. The summed E-state index contributed by atoms with van der Waals surface area (Å²) in [4.78, 5) is 23.2. The minimum atomic E-state index is -0.190. The molecule has 0 aliphatic heterocycles. The lowest BCUT2D eigenvalue weighted by molar-refractivity contribution is 0.243. The van der Waals surface area contributed by atoms with Crippen LogP contribution in [0.4, 0.5) is 22.2 Å². The summed E-state index contributed by atoms with van der Waals surface area (Å²) in [6, 6.07) is 19.1. The zero-order valence-corrected chi connectivity index (χ0v) is 19.0. The lowest BCUT2D eigenvalue weighted by Crippen LogP contribution is -2.42. The van der Waals surface area contributed by atoms with Crippen molar-refractivity contribution in [1.82, 2.24) is 15.3 Å². The minimum Gasteiger partial charge on any atom is -0.457 e. The van der Waals surface area contributed by atoms with Crippen molar-refractivity contribution < 1.29 is 9.53 Å². The number of nitrogens with zero attached hydrogens (tertiary/aromatic N) is 3. The van der Waals surface area contributed by atoms with Crippen LogP contribution in [0.25, 0.3) is 0 Å².